The van der Waals surface area contributed by atoms with Crippen LogP contribution in [0.25, 0.3) is 0 Å². The molecule has 1 aromatic carbocycles. The molecule has 0 unspecified atom stereocenters. The summed E-state index contributed by atoms with van der Waals surface area (Å²) in [6, 6.07) is 6.35. The minimum absolute atomic E-state index is 0.302. The molecule has 2 rings (SSSR count). The number of rotatable bonds is 8. The van der Waals surface area contributed by atoms with E-state index in [1.54, 1.807) is 31.2 Å². The van der Waals surface area contributed by atoms with Crippen LogP contribution in [0.1, 0.15) is 55.8 Å². The summed E-state index contributed by atoms with van der Waals surface area (Å²) in [5.41, 5.74) is 0.943. The van der Waals surface area contributed by atoms with Crippen molar-refractivity contribution in [1.82, 2.24) is 0 Å². The molecule has 0 atom stereocenters. The predicted molar refractivity (Wildman–Crippen MR) is 93.2 cm³/mol. The second-order valence-electron chi connectivity index (χ2n) is 6.20. The molecule has 1 aromatic rings. The highest BCUT2D eigenvalue weighted by Crippen LogP contribution is 2.28. The number of anilines is 1. The van der Waals surface area contributed by atoms with Gasteiger partial charge in [-0.25, -0.2) is 4.79 Å². The Kier molecular flexibility index (Phi) is 7.44. The summed E-state index contributed by atoms with van der Waals surface area (Å²) in [7, 11) is 0. The van der Waals surface area contributed by atoms with Crippen LogP contribution in [-0.4, -0.2) is 31.1 Å². The Morgan fingerprint density at radius 2 is 1.76 bits per heavy atom. The molecular formula is C19H25NO5. The van der Waals surface area contributed by atoms with Crippen molar-refractivity contribution in [1.29, 1.82) is 0 Å². The lowest BCUT2D eigenvalue weighted by Gasteiger charge is -2.09. The summed E-state index contributed by atoms with van der Waals surface area (Å²) in [5.74, 6) is -0.520. The van der Waals surface area contributed by atoms with Crippen LogP contribution in [0.4, 0.5) is 5.69 Å². The predicted octanol–water partition coefficient (Wildman–Crippen LogP) is 3.32. The number of esters is 2. The standard InChI is InChI=1S/C19H25NO5/c1-2-24-19(23)15-8-10-16(11-9-15)20-17(21)13-25-18(22)12-7-14-5-3-4-6-14/h8-11,14H,2-7,12-13H2,1H3,(H,20,21). The van der Waals surface area contributed by atoms with E-state index in [0.717, 1.165) is 6.42 Å². The van der Waals surface area contributed by atoms with Gasteiger partial charge < -0.3 is 14.8 Å². The van der Waals surface area contributed by atoms with Crippen LogP contribution in [-0.2, 0) is 19.1 Å². The summed E-state index contributed by atoms with van der Waals surface area (Å²) in [4.78, 5) is 35.0. The number of hydrogen-bond donors (Lipinski definition) is 1. The molecule has 0 spiro atoms. The molecule has 0 heterocycles. The Balaban J connectivity index is 1.68. The van der Waals surface area contributed by atoms with E-state index < -0.39 is 11.9 Å². The quantitative estimate of drug-likeness (QED) is 0.730. The topological polar surface area (TPSA) is 81.7 Å². The Bertz CT molecular complexity index is 590. The lowest BCUT2D eigenvalue weighted by molar-refractivity contribution is -0.147. The van der Waals surface area contributed by atoms with Crippen LogP contribution >= 0.6 is 0 Å². The Hall–Kier alpha value is -2.37. The fraction of sp³-hybridized carbons (Fsp3) is 0.526. The van der Waals surface area contributed by atoms with E-state index in [0.29, 0.717) is 30.2 Å². The molecule has 6 nitrogen and oxygen atoms in total. The lowest BCUT2D eigenvalue weighted by atomic mass is 10.0. The maximum absolute atomic E-state index is 11.8. The van der Waals surface area contributed by atoms with Gasteiger partial charge in [0.2, 0.25) is 0 Å². The Morgan fingerprint density at radius 3 is 2.40 bits per heavy atom. The number of nitrogens with one attached hydrogen (secondary N) is 1. The van der Waals surface area contributed by atoms with E-state index in [-0.39, 0.29) is 12.6 Å². The molecule has 1 fully saturated rings. The first-order valence-corrected chi connectivity index (χ1v) is 8.81. The minimum atomic E-state index is -0.406. The third-order valence-corrected chi connectivity index (χ3v) is 4.28. The molecule has 1 aliphatic carbocycles. The van der Waals surface area contributed by atoms with Crippen molar-refractivity contribution in [2.75, 3.05) is 18.5 Å². The largest absolute Gasteiger partial charge is 0.462 e. The molecular weight excluding hydrogens is 322 g/mol. The van der Waals surface area contributed by atoms with Crippen molar-refractivity contribution in [3.05, 3.63) is 29.8 Å². The first-order valence-electron chi connectivity index (χ1n) is 8.81. The Labute approximate surface area is 147 Å². The normalized spacial score (nSPS) is 14.1. The molecule has 0 aromatic heterocycles. The number of carbonyl (C=O) groups excluding carboxylic acids is 3. The minimum Gasteiger partial charge on any atom is -0.462 e. The van der Waals surface area contributed by atoms with Gasteiger partial charge in [0.25, 0.3) is 5.91 Å². The second-order valence-corrected chi connectivity index (χ2v) is 6.20. The van der Waals surface area contributed by atoms with E-state index in [1.165, 1.54) is 25.7 Å². The van der Waals surface area contributed by atoms with Crippen LogP contribution in [0.15, 0.2) is 24.3 Å². The lowest BCUT2D eigenvalue weighted by Crippen LogP contribution is -2.21. The number of hydrogen-bond acceptors (Lipinski definition) is 5. The van der Waals surface area contributed by atoms with Gasteiger partial charge in [-0.05, 0) is 43.5 Å². The first-order chi connectivity index (χ1) is 12.1. The molecule has 1 aliphatic rings. The van der Waals surface area contributed by atoms with Gasteiger partial charge in [0.05, 0.1) is 12.2 Å². The molecule has 0 aliphatic heterocycles. The summed E-state index contributed by atoms with van der Waals surface area (Å²) in [6.45, 7) is 1.74. The summed E-state index contributed by atoms with van der Waals surface area (Å²) in [5, 5.41) is 2.62. The third-order valence-electron chi connectivity index (χ3n) is 4.28. The van der Waals surface area contributed by atoms with Crippen LogP contribution in [0, 0.1) is 5.92 Å². The number of amides is 1. The number of ether oxygens (including phenoxy) is 2. The summed E-state index contributed by atoms with van der Waals surface area (Å²) >= 11 is 0. The van der Waals surface area contributed by atoms with Crippen molar-refractivity contribution in [3.63, 3.8) is 0 Å². The van der Waals surface area contributed by atoms with Crippen molar-refractivity contribution in [3.8, 4) is 0 Å². The summed E-state index contributed by atoms with van der Waals surface area (Å²) < 4.78 is 9.89. The molecule has 1 N–H and O–H groups in total. The van der Waals surface area contributed by atoms with Crippen LogP contribution in [0.2, 0.25) is 0 Å². The highest BCUT2D eigenvalue weighted by molar-refractivity contribution is 5.94. The molecule has 1 saturated carbocycles. The van der Waals surface area contributed by atoms with E-state index in [1.807, 2.05) is 0 Å². The molecule has 6 heteroatoms. The Morgan fingerprint density at radius 1 is 1.08 bits per heavy atom. The van der Waals surface area contributed by atoms with Gasteiger partial charge in [0.15, 0.2) is 6.61 Å². The fourth-order valence-corrected chi connectivity index (χ4v) is 2.94. The molecule has 0 saturated heterocycles. The molecule has 0 bridgehead atoms. The zero-order valence-electron chi connectivity index (χ0n) is 14.6. The van der Waals surface area contributed by atoms with Gasteiger partial charge in [0, 0.05) is 12.1 Å². The van der Waals surface area contributed by atoms with Gasteiger partial charge >= 0.3 is 11.9 Å². The number of benzene rings is 1. The van der Waals surface area contributed by atoms with Crippen LogP contribution < -0.4 is 5.32 Å². The maximum atomic E-state index is 11.8. The van der Waals surface area contributed by atoms with Crippen LogP contribution in [0.3, 0.4) is 0 Å². The molecule has 136 valence electrons. The summed E-state index contributed by atoms with van der Waals surface area (Å²) in [6.07, 6.45) is 6.08. The van der Waals surface area contributed by atoms with Crippen molar-refractivity contribution in [2.24, 2.45) is 5.92 Å². The smallest absolute Gasteiger partial charge is 0.338 e. The molecule has 0 radical (unpaired) electrons. The number of carbonyl (C=O) groups is 3. The van der Waals surface area contributed by atoms with E-state index >= 15 is 0 Å². The van der Waals surface area contributed by atoms with E-state index in [9.17, 15) is 14.4 Å². The SMILES string of the molecule is CCOC(=O)c1ccc(NC(=O)COC(=O)CCC2CCCC2)cc1. The van der Waals surface area contributed by atoms with E-state index in [2.05, 4.69) is 5.32 Å². The van der Waals surface area contributed by atoms with Gasteiger partial charge in [-0.2, -0.15) is 0 Å². The average molecular weight is 347 g/mol. The molecule has 25 heavy (non-hydrogen) atoms. The van der Waals surface area contributed by atoms with Gasteiger partial charge in [-0.3, -0.25) is 9.59 Å². The highest BCUT2D eigenvalue weighted by atomic mass is 16.5. The zero-order valence-corrected chi connectivity index (χ0v) is 14.6. The first kappa shape index (κ1) is 19.0. The van der Waals surface area contributed by atoms with E-state index in [4.69, 9.17) is 9.47 Å². The monoisotopic (exact) mass is 347 g/mol. The van der Waals surface area contributed by atoms with Gasteiger partial charge in [-0.1, -0.05) is 25.7 Å². The van der Waals surface area contributed by atoms with Crippen molar-refractivity contribution < 1.29 is 23.9 Å². The van der Waals surface area contributed by atoms with Crippen LogP contribution in [0.5, 0.6) is 0 Å². The fourth-order valence-electron chi connectivity index (χ4n) is 2.94. The average Bonchev–Trinajstić information content (AvgIpc) is 3.12. The maximum Gasteiger partial charge on any atom is 0.338 e. The third kappa shape index (κ3) is 6.57. The second kappa shape index (κ2) is 9.81. The van der Waals surface area contributed by atoms with Gasteiger partial charge in [0.1, 0.15) is 0 Å². The van der Waals surface area contributed by atoms with Gasteiger partial charge in [-0.15, -0.1) is 0 Å². The molecule has 1 amide bonds. The highest BCUT2D eigenvalue weighted by Gasteiger charge is 2.17. The zero-order chi connectivity index (χ0) is 18.1. The van der Waals surface area contributed by atoms with Crippen molar-refractivity contribution in [2.45, 2.75) is 45.4 Å². The van der Waals surface area contributed by atoms with Crippen molar-refractivity contribution >= 4 is 23.5 Å².